The van der Waals surface area contributed by atoms with Crippen LogP contribution >= 0.6 is 0 Å². The number of fused-ring (bicyclic) bond motifs is 6. The van der Waals surface area contributed by atoms with Gasteiger partial charge in [-0.15, -0.1) is 0 Å². The third-order valence-electron chi connectivity index (χ3n) is 12.3. The summed E-state index contributed by atoms with van der Waals surface area (Å²) in [5, 5.41) is 4.98. The zero-order valence-corrected chi connectivity index (χ0v) is 33.7. The first kappa shape index (κ1) is 35.6. The summed E-state index contributed by atoms with van der Waals surface area (Å²) in [7, 11) is 0. The van der Waals surface area contributed by atoms with Gasteiger partial charge in [-0.3, -0.25) is 9.97 Å². The predicted molar refractivity (Wildman–Crippen MR) is 258 cm³/mol. The van der Waals surface area contributed by atoms with Crippen molar-refractivity contribution < 1.29 is 0 Å². The summed E-state index contributed by atoms with van der Waals surface area (Å²) >= 11 is 0. The van der Waals surface area contributed by atoms with Crippen molar-refractivity contribution in [1.82, 2.24) is 19.1 Å². The van der Waals surface area contributed by atoms with E-state index in [1.165, 1.54) is 43.6 Å². The van der Waals surface area contributed by atoms with Crippen LogP contribution < -0.4 is 0 Å². The van der Waals surface area contributed by atoms with Crippen molar-refractivity contribution in [3.05, 3.63) is 231 Å². The number of para-hydroxylation sites is 4. The van der Waals surface area contributed by atoms with Gasteiger partial charge in [-0.1, -0.05) is 146 Å². The third-order valence-corrected chi connectivity index (χ3v) is 12.3. The summed E-state index contributed by atoms with van der Waals surface area (Å²) in [4.78, 5) is 9.82. The molecule has 0 aliphatic rings. The minimum atomic E-state index is 0.862. The average Bonchev–Trinajstić information content (AvgIpc) is 3.87. The van der Waals surface area contributed by atoms with Crippen LogP contribution in [0.5, 0.6) is 0 Å². The molecule has 0 radical (unpaired) electrons. The van der Waals surface area contributed by atoms with E-state index in [9.17, 15) is 0 Å². The van der Waals surface area contributed by atoms with Crippen molar-refractivity contribution in [2.45, 2.75) is 0 Å². The molecule has 0 fully saturated rings. The molecule has 0 bridgehead atoms. The zero-order valence-electron chi connectivity index (χ0n) is 33.7. The van der Waals surface area contributed by atoms with Crippen LogP contribution in [0.15, 0.2) is 231 Å². The Morgan fingerprint density at radius 2 is 0.710 bits per heavy atom. The molecule has 4 nitrogen and oxygen atoms in total. The lowest BCUT2D eigenvalue weighted by Gasteiger charge is -2.16. The number of hydrogen-bond donors (Lipinski definition) is 0. The summed E-state index contributed by atoms with van der Waals surface area (Å²) in [6.07, 6.45) is 5.82. The van der Waals surface area contributed by atoms with E-state index in [2.05, 4.69) is 221 Å². The van der Waals surface area contributed by atoms with E-state index in [-0.39, 0.29) is 0 Å². The number of pyridine rings is 2. The van der Waals surface area contributed by atoms with Crippen molar-refractivity contribution in [1.29, 1.82) is 0 Å². The fourth-order valence-electron chi connectivity index (χ4n) is 9.44. The van der Waals surface area contributed by atoms with Gasteiger partial charge in [-0.2, -0.15) is 0 Å². The van der Waals surface area contributed by atoms with Crippen molar-refractivity contribution >= 4 is 43.6 Å². The molecule has 0 unspecified atom stereocenters. The Balaban J connectivity index is 0.992. The second kappa shape index (κ2) is 14.7. The molecule has 12 rings (SSSR count). The maximum atomic E-state index is 4.96. The Kier molecular flexibility index (Phi) is 8.46. The van der Waals surface area contributed by atoms with Gasteiger partial charge in [0.25, 0.3) is 0 Å². The zero-order chi connectivity index (χ0) is 41.0. The van der Waals surface area contributed by atoms with Gasteiger partial charge >= 0.3 is 0 Å². The molecule has 4 aromatic heterocycles. The lowest BCUT2D eigenvalue weighted by atomic mass is 9.92. The highest BCUT2D eigenvalue weighted by atomic mass is 15.0. The molecule has 4 heterocycles. The normalized spacial score (nSPS) is 11.5. The highest BCUT2D eigenvalue weighted by Crippen LogP contribution is 2.41. The van der Waals surface area contributed by atoms with E-state index in [1.807, 2.05) is 18.6 Å². The van der Waals surface area contributed by atoms with Gasteiger partial charge in [0, 0.05) is 62.6 Å². The van der Waals surface area contributed by atoms with E-state index in [0.29, 0.717) is 0 Å². The Hall–Kier alpha value is -8.34. The van der Waals surface area contributed by atoms with Gasteiger partial charge < -0.3 is 9.13 Å². The Bertz CT molecular complexity index is 3530. The molecule has 0 amide bonds. The molecule has 0 spiro atoms. The summed E-state index contributed by atoms with van der Waals surface area (Å²) < 4.78 is 4.76. The SMILES string of the molecule is c1ccc(-c2ccc(-n3c4ccccc4c4ccccc43)cc2-c2ccnc(-c3cncc(-c4ccc(-n5c6ccccc6c6ccccc65)cc4-c4ccccc4)c3)c2)cc1. The quantitative estimate of drug-likeness (QED) is 0.161. The summed E-state index contributed by atoms with van der Waals surface area (Å²) in [6, 6.07) is 76.2. The fourth-order valence-corrected chi connectivity index (χ4v) is 9.44. The largest absolute Gasteiger partial charge is 0.309 e. The lowest BCUT2D eigenvalue weighted by Crippen LogP contribution is -1.97. The number of hydrogen-bond acceptors (Lipinski definition) is 2. The van der Waals surface area contributed by atoms with Crippen LogP contribution in [-0.2, 0) is 0 Å². The van der Waals surface area contributed by atoms with Crippen molar-refractivity contribution in [3.8, 4) is 67.1 Å². The Morgan fingerprint density at radius 3 is 1.23 bits per heavy atom. The van der Waals surface area contributed by atoms with E-state index in [0.717, 1.165) is 67.1 Å². The maximum absolute atomic E-state index is 4.96. The van der Waals surface area contributed by atoms with Crippen LogP contribution in [0.3, 0.4) is 0 Å². The molecule has 0 saturated carbocycles. The minimum absolute atomic E-state index is 0.862. The highest BCUT2D eigenvalue weighted by molar-refractivity contribution is 6.10. The summed E-state index contributed by atoms with van der Waals surface area (Å²) in [5.41, 5.74) is 17.7. The molecule has 12 aromatic rings. The molecule has 0 saturated heterocycles. The third kappa shape index (κ3) is 5.92. The van der Waals surface area contributed by atoms with Crippen LogP contribution in [0.1, 0.15) is 0 Å². The van der Waals surface area contributed by atoms with Crippen molar-refractivity contribution in [3.63, 3.8) is 0 Å². The van der Waals surface area contributed by atoms with Crippen molar-refractivity contribution in [2.75, 3.05) is 0 Å². The predicted octanol–water partition coefficient (Wildman–Crippen LogP) is 15.0. The first-order valence-corrected chi connectivity index (χ1v) is 21.1. The summed E-state index contributed by atoms with van der Waals surface area (Å²) in [5.74, 6) is 0. The van der Waals surface area contributed by atoms with Gasteiger partial charge in [-0.25, -0.2) is 0 Å². The first-order valence-electron chi connectivity index (χ1n) is 21.1. The second-order valence-electron chi connectivity index (χ2n) is 15.8. The van der Waals surface area contributed by atoms with Crippen LogP contribution in [0.2, 0.25) is 0 Å². The monoisotopic (exact) mass is 790 g/mol. The molecule has 62 heavy (non-hydrogen) atoms. The smallest absolute Gasteiger partial charge is 0.0723 e. The molecule has 290 valence electrons. The molecule has 0 atom stereocenters. The van der Waals surface area contributed by atoms with Crippen LogP contribution in [-0.4, -0.2) is 19.1 Å². The van der Waals surface area contributed by atoms with E-state index in [1.54, 1.807) is 0 Å². The number of nitrogens with zero attached hydrogens (tertiary/aromatic N) is 4. The van der Waals surface area contributed by atoms with E-state index >= 15 is 0 Å². The molecule has 0 aliphatic carbocycles. The van der Waals surface area contributed by atoms with E-state index < -0.39 is 0 Å². The molecule has 0 N–H and O–H groups in total. The molecular weight excluding hydrogens is 753 g/mol. The fraction of sp³-hybridized carbons (Fsp3) is 0. The Morgan fingerprint density at radius 1 is 0.290 bits per heavy atom. The lowest BCUT2D eigenvalue weighted by molar-refractivity contribution is 1.18. The van der Waals surface area contributed by atoms with Crippen molar-refractivity contribution in [2.24, 2.45) is 0 Å². The van der Waals surface area contributed by atoms with Gasteiger partial charge in [-0.05, 0) is 106 Å². The van der Waals surface area contributed by atoms with Crippen LogP contribution in [0, 0.1) is 0 Å². The summed E-state index contributed by atoms with van der Waals surface area (Å²) in [6.45, 7) is 0. The molecule has 4 heteroatoms. The highest BCUT2D eigenvalue weighted by Gasteiger charge is 2.18. The van der Waals surface area contributed by atoms with Gasteiger partial charge in [0.15, 0.2) is 0 Å². The van der Waals surface area contributed by atoms with Gasteiger partial charge in [0.2, 0.25) is 0 Å². The second-order valence-corrected chi connectivity index (χ2v) is 15.8. The molecular formula is C58H38N4. The standard InChI is InChI=1S/C58H38N4/c1-3-15-39(16-4-1)46-29-27-45(62-57-25-13-9-21-50(57)51-22-10-14-26-58(51)62)36-53(46)41-31-32-60-54(34-41)43-33-42(37-59-38-43)47-30-28-44(35-52(47)40-17-5-2-6-18-40)61-55-23-11-7-19-48(55)49-20-8-12-24-56(49)61/h1-38H. The average molecular weight is 791 g/mol. The Labute approximate surface area is 359 Å². The maximum Gasteiger partial charge on any atom is 0.0723 e. The minimum Gasteiger partial charge on any atom is -0.309 e. The number of rotatable bonds is 7. The van der Waals surface area contributed by atoms with Gasteiger partial charge in [0.05, 0.1) is 27.8 Å². The first-order chi connectivity index (χ1) is 30.8. The molecule has 8 aromatic carbocycles. The van der Waals surface area contributed by atoms with Crippen LogP contribution in [0.25, 0.3) is 111 Å². The van der Waals surface area contributed by atoms with Gasteiger partial charge in [0.1, 0.15) is 0 Å². The molecule has 0 aliphatic heterocycles. The van der Waals surface area contributed by atoms with Crippen LogP contribution in [0.4, 0.5) is 0 Å². The van der Waals surface area contributed by atoms with E-state index in [4.69, 9.17) is 9.97 Å². The topological polar surface area (TPSA) is 35.6 Å². The number of aromatic nitrogens is 4. The number of benzene rings is 8.